The lowest BCUT2D eigenvalue weighted by atomic mass is 10.0. The van der Waals surface area contributed by atoms with Crippen LogP contribution in [-0.4, -0.2) is 30.0 Å². The maximum absolute atomic E-state index is 12.3. The molecule has 0 spiro atoms. The van der Waals surface area contributed by atoms with Gasteiger partial charge in [0.1, 0.15) is 0 Å². The fourth-order valence-electron chi connectivity index (χ4n) is 3.26. The summed E-state index contributed by atoms with van der Waals surface area (Å²) < 4.78 is 0. The molecule has 0 aliphatic carbocycles. The standard InChI is InChI=1S/C19H21N3O3/c23-19(13-15-7-4-5-11-18(15)22(24)25)20-16-8-6-12-21(14-16)17-9-2-1-3-10-17/h1-5,7,9-11,16H,6,8,12-14H2,(H,20,23)/t16-/m0/s1. The molecular weight excluding hydrogens is 318 g/mol. The van der Waals surface area contributed by atoms with E-state index in [1.807, 2.05) is 18.2 Å². The SMILES string of the molecule is O=C(Cc1ccccc1[N+](=O)[O-])N[C@H]1CCCN(c2ccccc2)C1. The first-order valence-electron chi connectivity index (χ1n) is 8.45. The summed E-state index contributed by atoms with van der Waals surface area (Å²) in [6, 6.07) is 16.6. The van der Waals surface area contributed by atoms with Crippen LogP contribution in [0.5, 0.6) is 0 Å². The van der Waals surface area contributed by atoms with Crippen molar-refractivity contribution in [3.05, 3.63) is 70.3 Å². The van der Waals surface area contributed by atoms with Crippen molar-refractivity contribution in [1.82, 2.24) is 5.32 Å². The number of nitrogens with one attached hydrogen (secondary N) is 1. The van der Waals surface area contributed by atoms with Crippen LogP contribution in [0.1, 0.15) is 18.4 Å². The molecule has 1 aliphatic rings. The Morgan fingerprint density at radius 3 is 2.64 bits per heavy atom. The van der Waals surface area contributed by atoms with E-state index in [2.05, 4.69) is 22.3 Å². The van der Waals surface area contributed by atoms with Crippen molar-refractivity contribution in [3.63, 3.8) is 0 Å². The zero-order valence-corrected chi connectivity index (χ0v) is 13.9. The molecule has 1 saturated heterocycles. The van der Waals surface area contributed by atoms with Crippen LogP contribution in [-0.2, 0) is 11.2 Å². The molecule has 0 radical (unpaired) electrons. The van der Waals surface area contributed by atoms with Gasteiger partial charge in [-0.15, -0.1) is 0 Å². The van der Waals surface area contributed by atoms with Crippen LogP contribution >= 0.6 is 0 Å². The molecule has 2 aromatic rings. The molecule has 2 aromatic carbocycles. The minimum atomic E-state index is -0.444. The van der Waals surface area contributed by atoms with Crippen molar-refractivity contribution in [2.45, 2.75) is 25.3 Å². The van der Waals surface area contributed by atoms with Crippen molar-refractivity contribution in [2.24, 2.45) is 0 Å². The number of rotatable bonds is 5. The molecule has 6 heteroatoms. The summed E-state index contributed by atoms with van der Waals surface area (Å²) in [4.78, 5) is 25.2. The molecular formula is C19H21N3O3. The molecule has 25 heavy (non-hydrogen) atoms. The summed E-state index contributed by atoms with van der Waals surface area (Å²) in [7, 11) is 0. The molecule has 0 bridgehead atoms. The number of para-hydroxylation sites is 2. The number of hydrogen-bond donors (Lipinski definition) is 1. The first-order chi connectivity index (χ1) is 12.1. The second-order valence-corrected chi connectivity index (χ2v) is 6.25. The number of amides is 1. The molecule has 1 N–H and O–H groups in total. The van der Waals surface area contributed by atoms with E-state index in [9.17, 15) is 14.9 Å². The predicted octanol–water partition coefficient (Wildman–Crippen LogP) is 2.92. The third-order valence-corrected chi connectivity index (χ3v) is 4.45. The van der Waals surface area contributed by atoms with Crippen LogP contribution in [0, 0.1) is 10.1 Å². The van der Waals surface area contributed by atoms with Gasteiger partial charge in [-0.2, -0.15) is 0 Å². The lowest BCUT2D eigenvalue weighted by molar-refractivity contribution is -0.385. The fraction of sp³-hybridized carbons (Fsp3) is 0.316. The topological polar surface area (TPSA) is 75.5 Å². The molecule has 0 saturated carbocycles. The van der Waals surface area contributed by atoms with Crippen LogP contribution in [0.2, 0.25) is 0 Å². The normalized spacial score (nSPS) is 17.1. The van der Waals surface area contributed by atoms with E-state index in [0.29, 0.717) is 5.56 Å². The summed E-state index contributed by atoms with van der Waals surface area (Å²) in [5.74, 6) is -0.172. The van der Waals surface area contributed by atoms with Gasteiger partial charge in [-0.1, -0.05) is 36.4 Å². The van der Waals surface area contributed by atoms with Crippen molar-refractivity contribution in [2.75, 3.05) is 18.0 Å². The van der Waals surface area contributed by atoms with E-state index in [4.69, 9.17) is 0 Å². The van der Waals surface area contributed by atoms with Gasteiger partial charge in [0.05, 0.1) is 11.3 Å². The Balaban J connectivity index is 1.61. The van der Waals surface area contributed by atoms with E-state index in [0.717, 1.165) is 31.6 Å². The number of anilines is 1. The zero-order valence-electron chi connectivity index (χ0n) is 13.9. The average molecular weight is 339 g/mol. The molecule has 1 aliphatic heterocycles. The van der Waals surface area contributed by atoms with Crippen LogP contribution in [0.3, 0.4) is 0 Å². The number of hydrogen-bond acceptors (Lipinski definition) is 4. The summed E-state index contributed by atoms with van der Waals surface area (Å²) in [5, 5.41) is 14.1. The van der Waals surface area contributed by atoms with Crippen molar-refractivity contribution in [1.29, 1.82) is 0 Å². The van der Waals surface area contributed by atoms with Gasteiger partial charge in [-0.05, 0) is 25.0 Å². The quantitative estimate of drug-likeness (QED) is 0.671. The molecule has 0 aromatic heterocycles. The minimum absolute atomic E-state index is 0.00722. The van der Waals surface area contributed by atoms with Crippen molar-refractivity contribution in [3.8, 4) is 0 Å². The lowest BCUT2D eigenvalue weighted by Gasteiger charge is -2.34. The van der Waals surface area contributed by atoms with Crippen LogP contribution in [0.15, 0.2) is 54.6 Å². The fourth-order valence-corrected chi connectivity index (χ4v) is 3.26. The van der Waals surface area contributed by atoms with Gasteiger partial charge in [0, 0.05) is 36.4 Å². The number of benzene rings is 2. The van der Waals surface area contributed by atoms with Crippen LogP contribution in [0.25, 0.3) is 0 Å². The second-order valence-electron chi connectivity index (χ2n) is 6.25. The third kappa shape index (κ3) is 4.35. The zero-order chi connectivity index (χ0) is 17.6. The first-order valence-corrected chi connectivity index (χ1v) is 8.45. The van der Waals surface area contributed by atoms with Crippen LogP contribution in [0.4, 0.5) is 11.4 Å². The third-order valence-electron chi connectivity index (χ3n) is 4.45. The molecule has 3 rings (SSSR count). The molecule has 1 heterocycles. The Morgan fingerprint density at radius 2 is 1.88 bits per heavy atom. The monoisotopic (exact) mass is 339 g/mol. The highest BCUT2D eigenvalue weighted by Crippen LogP contribution is 2.21. The number of nitro benzene ring substituents is 1. The Morgan fingerprint density at radius 1 is 1.16 bits per heavy atom. The van der Waals surface area contributed by atoms with E-state index in [1.165, 1.54) is 6.07 Å². The number of piperidine rings is 1. The molecule has 1 atom stereocenters. The Kier molecular flexibility index (Phi) is 5.28. The van der Waals surface area contributed by atoms with Crippen LogP contribution < -0.4 is 10.2 Å². The maximum Gasteiger partial charge on any atom is 0.273 e. The molecule has 130 valence electrons. The molecule has 6 nitrogen and oxygen atoms in total. The Bertz CT molecular complexity index is 749. The lowest BCUT2D eigenvalue weighted by Crippen LogP contribution is -2.48. The van der Waals surface area contributed by atoms with Gasteiger partial charge in [-0.3, -0.25) is 14.9 Å². The number of nitrogens with zero attached hydrogens (tertiary/aromatic N) is 2. The van der Waals surface area contributed by atoms with Gasteiger partial charge < -0.3 is 10.2 Å². The average Bonchev–Trinajstić information content (AvgIpc) is 2.63. The number of carbonyl (C=O) groups is 1. The Labute approximate surface area is 146 Å². The van der Waals surface area contributed by atoms with Gasteiger partial charge in [0.25, 0.3) is 5.69 Å². The van der Waals surface area contributed by atoms with Gasteiger partial charge in [-0.25, -0.2) is 0 Å². The van der Waals surface area contributed by atoms with E-state index in [-0.39, 0.29) is 24.1 Å². The van der Waals surface area contributed by atoms with Crippen molar-refractivity contribution >= 4 is 17.3 Å². The van der Waals surface area contributed by atoms with E-state index < -0.39 is 4.92 Å². The number of carbonyl (C=O) groups excluding carboxylic acids is 1. The maximum atomic E-state index is 12.3. The highest BCUT2D eigenvalue weighted by Gasteiger charge is 2.23. The molecule has 1 fully saturated rings. The Hall–Kier alpha value is -2.89. The van der Waals surface area contributed by atoms with Gasteiger partial charge in [0.2, 0.25) is 5.91 Å². The summed E-state index contributed by atoms with van der Waals surface area (Å²) in [5.41, 5.74) is 1.59. The summed E-state index contributed by atoms with van der Waals surface area (Å²) in [6.45, 7) is 1.73. The molecule has 1 amide bonds. The second kappa shape index (κ2) is 7.79. The van der Waals surface area contributed by atoms with Crippen molar-refractivity contribution < 1.29 is 9.72 Å². The summed E-state index contributed by atoms with van der Waals surface area (Å²) in [6.07, 6.45) is 1.95. The smallest absolute Gasteiger partial charge is 0.273 e. The van der Waals surface area contributed by atoms with E-state index in [1.54, 1.807) is 18.2 Å². The minimum Gasteiger partial charge on any atom is -0.369 e. The highest BCUT2D eigenvalue weighted by molar-refractivity contribution is 5.80. The summed E-state index contributed by atoms with van der Waals surface area (Å²) >= 11 is 0. The number of nitro groups is 1. The van der Waals surface area contributed by atoms with E-state index >= 15 is 0 Å². The van der Waals surface area contributed by atoms with Gasteiger partial charge >= 0.3 is 0 Å². The largest absolute Gasteiger partial charge is 0.369 e. The molecule has 0 unspecified atom stereocenters. The highest BCUT2D eigenvalue weighted by atomic mass is 16.6. The predicted molar refractivity (Wildman–Crippen MR) is 96.6 cm³/mol. The van der Waals surface area contributed by atoms with Gasteiger partial charge in [0.15, 0.2) is 0 Å². The first kappa shape index (κ1) is 17.0.